The molecular formula is C25H22O7. The van der Waals surface area contributed by atoms with Gasteiger partial charge in [0.25, 0.3) is 0 Å². The molecule has 0 unspecified atom stereocenters. The number of carboxylic acids is 1. The maximum Gasteiger partial charge on any atom is 0.314 e. The summed E-state index contributed by atoms with van der Waals surface area (Å²) in [5.74, 6) is -1.92. The number of Topliss-reactive ketones (excluding diaryl/α,β-unsaturated/α-hetero) is 2. The summed E-state index contributed by atoms with van der Waals surface area (Å²) in [4.78, 5) is 38.2. The van der Waals surface area contributed by atoms with Crippen molar-refractivity contribution in [3.63, 3.8) is 0 Å². The van der Waals surface area contributed by atoms with E-state index in [1.165, 1.54) is 14.2 Å². The first-order valence-electron chi connectivity index (χ1n) is 10.1. The Bertz CT molecular complexity index is 1100. The average molecular weight is 434 g/mol. The van der Waals surface area contributed by atoms with E-state index in [-0.39, 0.29) is 35.5 Å². The largest absolute Gasteiger partial charge is 0.489 e. The topological polar surface area (TPSA) is 99.1 Å². The predicted octanol–water partition coefficient (Wildman–Crippen LogP) is 3.33. The van der Waals surface area contributed by atoms with Crippen molar-refractivity contribution < 1.29 is 33.7 Å². The zero-order valence-corrected chi connectivity index (χ0v) is 17.7. The van der Waals surface area contributed by atoms with Crippen LogP contribution in [0.5, 0.6) is 5.75 Å². The summed E-state index contributed by atoms with van der Waals surface area (Å²) in [5.41, 5.74) is 0.401. The van der Waals surface area contributed by atoms with E-state index in [1.807, 2.05) is 30.3 Å². The molecule has 0 heterocycles. The van der Waals surface area contributed by atoms with Crippen molar-refractivity contribution >= 4 is 17.5 Å². The molecule has 0 saturated carbocycles. The van der Waals surface area contributed by atoms with Gasteiger partial charge in [0.2, 0.25) is 23.1 Å². The molecular weight excluding hydrogens is 412 g/mol. The van der Waals surface area contributed by atoms with Crippen molar-refractivity contribution in [2.45, 2.75) is 24.9 Å². The fraction of sp³-hybridized carbons (Fsp3) is 0.240. The Labute approximate surface area is 184 Å². The second-order valence-corrected chi connectivity index (χ2v) is 7.72. The number of ether oxygens (including phenoxy) is 3. The molecule has 0 aliphatic heterocycles. The minimum Gasteiger partial charge on any atom is -0.489 e. The number of methoxy groups -OCH3 is 2. The molecule has 4 rings (SSSR count). The normalized spacial score (nSPS) is 17.3. The number of benzene rings is 2. The number of hydrogen-bond donors (Lipinski definition) is 1. The summed E-state index contributed by atoms with van der Waals surface area (Å²) in [5, 5.41) is 10.1. The average Bonchev–Trinajstić information content (AvgIpc) is 3.24. The van der Waals surface area contributed by atoms with Gasteiger partial charge in [0, 0.05) is 11.1 Å². The van der Waals surface area contributed by atoms with Gasteiger partial charge in [0.15, 0.2) is 0 Å². The van der Waals surface area contributed by atoms with Crippen LogP contribution in [-0.4, -0.2) is 36.9 Å². The summed E-state index contributed by atoms with van der Waals surface area (Å²) < 4.78 is 16.0. The third-order valence-electron chi connectivity index (χ3n) is 5.96. The Hall–Kier alpha value is -3.87. The number of carbonyl (C=O) groups is 3. The van der Waals surface area contributed by atoms with E-state index in [0.717, 1.165) is 5.56 Å². The van der Waals surface area contributed by atoms with Crippen molar-refractivity contribution in [2.24, 2.45) is 0 Å². The van der Waals surface area contributed by atoms with E-state index in [4.69, 9.17) is 14.2 Å². The Balaban J connectivity index is 1.59. The Morgan fingerprint density at radius 3 is 1.88 bits per heavy atom. The highest BCUT2D eigenvalue weighted by atomic mass is 16.5. The first-order valence-corrected chi connectivity index (χ1v) is 10.1. The number of carboxylic acid groups (broad SMARTS) is 1. The molecule has 0 radical (unpaired) electrons. The molecule has 2 aromatic carbocycles. The number of carbonyl (C=O) groups excluding carboxylic acids is 2. The molecule has 0 fully saturated rings. The first-order chi connectivity index (χ1) is 15.4. The van der Waals surface area contributed by atoms with Crippen LogP contribution in [0.3, 0.4) is 0 Å². The van der Waals surface area contributed by atoms with Crippen LogP contribution in [-0.2, 0) is 35.9 Å². The molecule has 164 valence electrons. The van der Waals surface area contributed by atoms with Crippen molar-refractivity contribution in [1.29, 1.82) is 0 Å². The Morgan fingerprint density at radius 2 is 1.41 bits per heavy atom. The van der Waals surface area contributed by atoms with Crippen LogP contribution in [0.2, 0.25) is 0 Å². The van der Waals surface area contributed by atoms with Gasteiger partial charge in [0.1, 0.15) is 17.8 Å². The van der Waals surface area contributed by atoms with E-state index >= 15 is 0 Å². The highest BCUT2D eigenvalue weighted by Gasteiger charge is 2.53. The van der Waals surface area contributed by atoms with Crippen LogP contribution in [0.15, 0.2) is 77.3 Å². The van der Waals surface area contributed by atoms with Gasteiger partial charge in [-0.15, -0.1) is 0 Å². The van der Waals surface area contributed by atoms with Crippen molar-refractivity contribution in [3.8, 4) is 5.75 Å². The smallest absolute Gasteiger partial charge is 0.314 e. The zero-order chi connectivity index (χ0) is 22.9. The van der Waals surface area contributed by atoms with Gasteiger partial charge in [-0.25, -0.2) is 0 Å². The van der Waals surface area contributed by atoms with E-state index in [9.17, 15) is 19.5 Å². The lowest BCUT2D eigenvalue weighted by molar-refractivity contribution is -0.143. The van der Waals surface area contributed by atoms with E-state index < -0.39 is 23.0 Å². The molecule has 2 aliphatic rings. The number of aliphatic carboxylic acids is 1. The fourth-order valence-corrected chi connectivity index (χ4v) is 4.26. The Morgan fingerprint density at radius 1 is 0.875 bits per heavy atom. The number of allylic oxidation sites excluding steroid dienone is 2. The quantitative estimate of drug-likeness (QED) is 0.668. The summed E-state index contributed by atoms with van der Waals surface area (Å²) in [6.45, 7) is 0.383. The second-order valence-electron chi connectivity index (χ2n) is 7.72. The van der Waals surface area contributed by atoms with Crippen LogP contribution in [0, 0.1) is 0 Å². The van der Waals surface area contributed by atoms with E-state index in [0.29, 0.717) is 17.9 Å². The number of hydrogen-bond acceptors (Lipinski definition) is 6. The molecule has 0 atom stereocenters. The van der Waals surface area contributed by atoms with Crippen molar-refractivity contribution in [1.82, 2.24) is 0 Å². The maximum absolute atomic E-state index is 12.9. The van der Waals surface area contributed by atoms with Crippen LogP contribution in [0.4, 0.5) is 0 Å². The third kappa shape index (κ3) is 3.45. The summed E-state index contributed by atoms with van der Waals surface area (Å²) >= 11 is 0. The molecule has 0 saturated heterocycles. The van der Waals surface area contributed by atoms with Gasteiger partial charge < -0.3 is 19.3 Å². The highest BCUT2D eigenvalue weighted by Crippen LogP contribution is 2.48. The molecule has 7 nitrogen and oxygen atoms in total. The number of ketones is 2. The lowest BCUT2D eigenvalue weighted by atomic mass is 9.76. The molecule has 32 heavy (non-hydrogen) atoms. The van der Waals surface area contributed by atoms with Crippen LogP contribution in [0.1, 0.15) is 24.0 Å². The predicted molar refractivity (Wildman–Crippen MR) is 114 cm³/mol. The summed E-state index contributed by atoms with van der Waals surface area (Å²) in [6, 6.07) is 16.4. The minimum absolute atomic E-state index is 0.101. The van der Waals surface area contributed by atoms with Gasteiger partial charge in [-0.2, -0.15) is 0 Å². The molecule has 0 bridgehead atoms. The molecule has 2 aromatic rings. The maximum atomic E-state index is 12.9. The van der Waals surface area contributed by atoms with Gasteiger partial charge in [-0.1, -0.05) is 42.5 Å². The van der Waals surface area contributed by atoms with Gasteiger partial charge in [-0.05, 0) is 36.1 Å². The minimum atomic E-state index is -1.43. The first kappa shape index (κ1) is 21.4. The van der Waals surface area contributed by atoms with E-state index in [2.05, 4.69) is 0 Å². The summed E-state index contributed by atoms with van der Waals surface area (Å²) in [7, 11) is 2.55. The molecule has 1 N–H and O–H groups in total. The molecule has 0 spiro atoms. The van der Waals surface area contributed by atoms with E-state index in [1.54, 1.807) is 24.3 Å². The van der Waals surface area contributed by atoms with Gasteiger partial charge in [-0.3, -0.25) is 14.4 Å². The van der Waals surface area contributed by atoms with Crippen LogP contribution in [0.25, 0.3) is 0 Å². The zero-order valence-electron chi connectivity index (χ0n) is 17.7. The van der Waals surface area contributed by atoms with Crippen molar-refractivity contribution in [2.75, 3.05) is 14.2 Å². The molecule has 0 aromatic heterocycles. The number of rotatable bonds is 7. The van der Waals surface area contributed by atoms with Gasteiger partial charge >= 0.3 is 5.97 Å². The van der Waals surface area contributed by atoms with Gasteiger partial charge in [0.05, 0.1) is 14.2 Å². The highest BCUT2D eigenvalue weighted by molar-refractivity contribution is 6.25. The lowest BCUT2D eigenvalue weighted by Crippen LogP contribution is -2.34. The van der Waals surface area contributed by atoms with Crippen LogP contribution < -0.4 is 4.74 Å². The SMILES string of the molecule is COC1=C(OC)C(=O)C2=C(CC(C(=O)O)(c3ccc(OCc4ccccc4)cc3)C2)C1=O. The molecule has 7 heteroatoms. The standard InChI is InChI=1S/C25H22O7/c1-30-22-20(26)18-12-25(24(28)29,13-19(18)21(27)23(22)31-2)16-8-10-17(11-9-16)32-14-15-6-4-3-5-7-15/h3-11H,12-14H2,1-2H3,(H,28,29). The molecule has 0 amide bonds. The third-order valence-corrected chi connectivity index (χ3v) is 5.96. The molecule has 2 aliphatic carbocycles. The Kier molecular flexibility index (Phi) is 5.57. The van der Waals surface area contributed by atoms with Crippen molar-refractivity contribution in [3.05, 3.63) is 88.4 Å². The monoisotopic (exact) mass is 434 g/mol. The summed E-state index contributed by atoms with van der Waals surface area (Å²) in [6.07, 6.45) is -0.202. The lowest BCUT2D eigenvalue weighted by Gasteiger charge is -2.25. The second kappa shape index (κ2) is 8.34. The fourth-order valence-electron chi connectivity index (χ4n) is 4.26. The van der Waals surface area contributed by atoms with Crippen LogP contribution >= 0.6 is 0 Å².